The van der Waals surface area contributed by atoms with Gasteiger partial charge in [0, 0.05) is 17.1 Å². The molecule has 5 nitrogen and oxygen atoms in total. The summed E-state index contributed by atoms with van der Waals surface area (Å²) in [7, 11) is -3.85. The fourth-order valence-electron chi connectivity index (χ4n) is 3.06. The molecule has 0 heterocycles. The molecule has 0 fully saturated rings. The molecule has 3 aromatic rings. The van der Waals surface area contributed by atoms with Gasteiger partial charge in [-0.15, -0.1) is 6.58 Å². The lowest BCUT2D eigenvalue weighted by atomic mass is 10.1. The Morgan fingerprint density at radius 2 is 1.74 bits per heavy atom. The zero-order valence-electron chi connectivity index (χ0n) is 17.1. The smallest absolute Gasteiger partial charge is 0.264 e. The van der Waals surface area contributed by atoms with E-state index in [0.29, 0.717) is 22.8 Å². The van der Waals surface area contributed by atoms with Gasteiger partial charge in [-0.25, -0.2) is 8.42 Å². The van der Waals surface area contributed by atoms with Gasteiger partial charge in [0.25, 0.3) is 15.9 Å². The zero-order chi connectivity index (χ0) is 22.4. The first-order chi connectivity index (χ1) is 14.8. The molecule has 0 aliphatic carbocycles. The van der Waals surface area contributed by atoms with Crippen molar-refractivity contribution in [3.63, 3.8) is 0 Å². The molecule has 31 heavy (non-hydrogen) atoms. The number of aryl methyl sites for hydroxylation is 1. The molecule has 0 bridgehead atoms. The Kier molecular flexibility index (Phi) is 7.15. The molecule has 0 saturated heterocycles. The number of rotatable bonds is 8. The van der Waals surface area contributed by atoms with Gasteiger partial charge in [0.2, 0.25) is 0 Å². The highest BCUT2D eigenvalue weighted by atomic mass is 35.5. The molecule has 0 atom stereocenters. The number of carbonyl (C=O) groups excluding carboxylic acids is 1. The van der Waals surface area contributed by atoms with Gasteiger partial charge >= 0.3 is 0 Å². The number of nitrogens with zero attached hydrogens (tertiary/aromatic N) is 1. The Morgan fingerprint density at radius 1 is 1.06 bits per heavy atom. The van der Waals surface area contributed by atoms with Crippen LogP contribution in [0.5, 0.6) is 0 Å². The summed E-state index contributed by atoms with van der Waals surface area (Å²) < 4.78 is 28.4. The summed E-state index contributed by atoms with van der Waals surface area (Å²) in [6.07, 6.45) is 1.60. The molecule has 0 aliphatic rings. The van der Waals surface area contributed by atoms with Crippen molar-refractivity contribution in [2.24, 2.45) is 0 Å². The van der Waals surface area contributed by atoms with Crippen LogP contribution in [0.1, 0.15) is 21.5 Å². The fraction of sp³-hybridized carbons (Fsp3) is 0.125. The van der Waals surface area contributed by atoms with Crippen LogP contribution in [0.25, 0.3) is 0 Å². The summed E-state index contributed by atoms with van der Waals surface area (Å²) in [5.41, 5.74) is 2.51. The molecule has 0 saturated carbocycles. The van der Waals surface area contributed by atoms with E-state index >= 15 is 0 Å². The number of benzene rings is 3. The van der Waals surface area contributed by atoms with Crippen molar-refractivity contribution in [3.05, 3.63) is 107 Å². The lowest BCUT2D eigenvalue weighted by Crippen LogP contribution is -2.31. The van der Waals surface area contributed by atoms with Crippen LogP contribution in [0.15, 0.2) is 90.3 Å². The average Bonchev–Trinajstić information content (AvgIpc) is 2.78. The van der Waals surface area contributed by atoms with Crippen molar-refractivity contribution < 1.29 is 13.2 Å². The second-order valence-corrected chi connectivity index (χ2v) is 9.25. The number of nitrogens with one attached hydrogen (secondary N) is 1. The zero-order valence-corrected chi connectivity index (χ0v) is 18.7. The van der Waals surface area contributed by atoms with E-state index in [0.717, 1.165) is 11.1 Å². The molecular formula is C24H23ClN2O3S. The first kappa shape index (κ1) is 22.6. The van der Waals surface area contributed by atoms with E-state index in [1.54, 1.807) is 78.9 Å². The number of halogens is 1. The van der Waals surface area contributed by atoms with Crippen molar-refractivity contribution in [1.29, 1.82) is 0 Å². The lowest BCUT2D eigenvalue weighted by molar-refractivity contribution is 0.0958. The number of hydrogen-bond acceptors (Lipinski definition) is 3. The first-order valence-electron chi connectivity index (χ1n) is 9.65. The summed E-state index contributed by atoms with van der Waals surface area (Å²) in [6, 6.07) is 20.3. The first-order valence-corrected chi connectivity index (χ1v) is 11.5. The van der Waals surface area contributed by atoms with Crippen LogP contribution in [0.4, 0.5) is 5.69 Å². The molecule has 7 heteroatoms. The summed E-state index contributed by atoms with van der Waals surface area (Å²) >= 11 is 6.18. The van der Waals surface area contributed by atoms with Crippen LogP contribution < -0.4 is 9.62 Å². The standard InChI is InChI=1S/C24H23ClN2O3S/c1-3-15-26-24(28)20-12-10-19(11-13-20)17-27(23-16-21(25)14-9-18(23)2)31(29,30)22-7-5-4-6-8-22/h3-14,16H,1,15,17H2,2H3,(H,26,28). The molecule has 1 amide bonds. The van der Waals surface area contributed by atoms with Crippen LogP contribution in [-0.4, -0.2) is 20.9 Å². The van der Waals surface area contributed by atoms with E-state index in [1.165, 1.54) is 4.31 Å². The summed E-state index contributed by atoms with van der Waals surface area (Å²) in [6.45, 7) is 5.88. The van der Waals surface area contributed by atoms with Crippen molar-refractivity contribution in [1.82, 2.24) is 5.32 Å². The van der Waals surface area contributed by atoms with Crippen LogP contribution in [0.3, 0.4) is 0 Å². The largest absolute Gasteiger partial charge is 0.349 e. The number of hydrogen-bond donors (Lipinski definition) is 1. The quantitative estimate of drug-likeness (QED) is 0.489. The predicted molar refractivity (Wildman–Crippen MR) is 125 cm³/mol. The SMILES string of the molecule is C=CCNC(=O)c1ccc(CN(c2cc(Cl)ccc2C)S(=O)(=O)c2ccccc2)cc1. The minimum Gasteiger partial charge on any atom is -0.349 e. The van der Waals surface area contributed by atoms with Gasteiger partial charge in [-0.2, -0.15) is 0 Å². The molecule has 3 aromatic carbocycles. The molecule has 1 N–H and O–H groups in total. The minimum atomic E-state index is -3.85. The van der Waals surface area contributed by atoms with Gasteiger partial charge in [-0.05, 0) is 54.4 Å². The Hall–Kier alpha value is -3.09. The van der Waals surface area contributed by atoms with Gasteiger partial charge in [-0.3, -0.25) is 9.10 Å². The molecule has 0 radical (unpaired) electrons. The normalized spacial score (nSPS) is 11.0. The van der Waals surface area contributed by atoms with Gasteiger partial charge in [0.15, 0.2) is 0 Å². The van der Waals surface area contributed by atoms with E-state index in [4.69, 9.17) is 11.6 Å². The fourth-order valence-corrected chi connectivity index (χ4v) is 4.76. The van der Waals surface area contributed by atoms with Crippen LogP contribution in [0, 0.1) is 6.92 Å². The number of sulfonamides is 1. The maximum absolute atomic E-state index is 13.5. The topological polar surface area (TPSA) is 66.5 Å². The highest BCUT2D eigenvalue weighted by molar-refractivity contribution is 7.92. The summed E-state index contributed by atoms with van der Waals surface area (Å²) in [4.78, 5) is 12.3. The number of amides is 1. The summed E-state index contributed by atoms with van der Waals surface area (Å²) in [5, 5.41) is 3.16. The third-order valence-electron chi connectivity index (χ3n) is 4.72. The second-order valence-electron chi connectivity index (χ2n) is 6.95. The van der Waals surface area contributed by atoms with E-state index in [1.807, 2.05) is 6.92 Å². The van der Waals surface area contributed by atoms with Crippen LogP contribution in [0.2, 0.25) is 5.02 Å². The van der Waals surface area contributed by atoms with E-state index in [9.17, 15) is 13.2 Å². The number of anilines is 1. The molecule has 3 rings (SSSR count). The van der Waals surface area contributed by atoms with Crippen molar-refractivity contribution in [2.75, 3.05) is 10.8 Å². The van der Waals surface area contributed by atoms with Crippen molar-refractivity contribution in [2.45, 2.75) is 18.4 Å². The van der Waals surface area contributed by atoms with Gasteiger partial charge in [0.1, 0.15) is 0 Å². The molecular weight excluding hydrogens is 432 g/mol. The highest BCUT2D eigenvalue weighted by Crippen LogP contribution is 2.31. The predicted octanol–water partition coefficient (Wildman–Crippen LogP) is 4.96. The van der Waals surface area contributed by atoms with Gasteiger partial charge in [0.05, 0.1) is 17.1 Å². The molecule has 0 spiro atoms. The van der Waals surface area contributed by atoms with Gasteiger partial charge in [-0.1, -0.05) is 54.1 Å². The minimum absolute atomic E-state index is 0.0902. The van der Waals surface area contributed by atoms with Crippen LogP contribution >= 0.6 is 11.6 Å². The molecule has 0 aromatic heterocycles. The van der Waals surface area contributed by atoms with Gasteiger partial charge < -0.3 is 5.32 Å². The maximum atomic E-state index is 13.5. The lowest BCUT2D eigenvalue weighted by Gasteiger charge is -2.26. The number of carbonyl (C=O) groups is 1. The Balaban J connectivity index is 1.99. The third kappa shape index (κ3) is 5.34. The van der Waals surface area contributed by atoms with E-state index < -0.39 is 10.0 Å². The Bertz CT molecular complexity index is 1180. The monoisotopic (exact) mass is 454 g/mol. The van der Waals surface area contributed by atoms with E-state index in [2.05, 4.69) is 11.9 Å². The molecule has 160 valence electrons. The summed E-state index contributed by atoms with van der Waals surface area (Å²) in [5.74, 6) is -0.217. The van der Waals surface area contributed by atoms with E-state index in [-0.39, 0.29) is 17.3 Å². The highest BCUT2D eigenvalue weighted by Gasteiger charge is 2.26. The second kappa shape index (κ2) is 9.81. The maximum Gasteiger partial charge on any atom is 0.264 e. The molecule has 0 aliphatic heterocycles. The Morgan fingerprint density at radius 3 is 2.39 bits per heavy atom. The van der Waals surface area contributed by atoms with Crippen molar-refractivity contribution >= 4 is 33.2 Å². The van der Waals surface area contributed by atoms with Crippen molar-refractivity contribution in [3.8, 4) is 0 Å². The third-order valence-corrected chi connectivity index (χ3v) is 6.73. The van der Waals surface area contributed by atoms with Crippen LogP contribution in [-0.2, 0) is 16.6 Å². The Labute approximate surface area is 188 Å². The molecule has 0 unspecified atom stereocenters. The average molecular weight is 455 g/mol.